The number of aliphatic hydroxyl groups excluding tert-OH is 2. The van der Waals surface area contributed by atoms with Crippen LogP contribution in [0.15, 0.2) is 0 Å². The molecule has 6 atom stereocenters. The molecule has 0 aromatic rings. The van der Waals surface area contributed by atoms with Gasteiger partial charge in [-0.05, 0) is 36.3 Å². The summed E-state index contributed by atoms with van der Waals surface area (Å²) in [5.41, 5.74) is 0. The second-order valence-electron chi connectivity index (χ2n) is 4.68. The maximum atomic E-state index is 11.0. The first kappa shape index (κ1) is 15.0. The normalized spacial score (nSPS) is 48.4. The molecule has 0 aromatic heterocycles. The Morgan fingerprint density at radius 1 is 1.28 bits per heavy atom. The lowest BCUT2D eigenvalue weighted by Gasteiger charge is -2.16. The number of halogens is 2. The molecule has 2 N–H and O–H groups in total. The number of hydrogen-bond donors (Lipinski definition) is 2. The van der Waals surface area contributed by atoms with Gasteiger partial charge in [-0.25, -0.2) is 0 Å². The molecule has 2 saturated heterocycles. The van der Waals surface area contributed by atoms with Crippen molar-refractivity contribution in [2.75, 3.05) is 6.61 Å². The Balaban J connectivity index is 1.93. The summed E-state index contributed by atoms with van der Waals surface area (Å²) in [5.74, 6) is 0. The minimum atomic E-state index is -3.66. The second-order valence-corrected chi connectivity index (χ2v) is 8.96. The summed E-state index contributed by atoms with van der Waals surface area (Å²) >= 11 is 10.5. The number of aliphatic hydroxyl groups is 2. The topological polar surface area (TPSA) is 79.0 Å². The smallest absolute Gasteiger partial charge is 0.380 e. The van der Waals surface area contributed by atoms with Gasteiger partial charge in [0.1, 0.15) is 24.5 Å². The summed E-state index contributed by atoms with van der Waals surface area (Å²) in [6.07, 6.45) is -7.18. The van der Waals surface area contributed by atoms with E-state index in [1.165, 1.54) is 0 Å². The molecule has 0 aliphatic carbocycles. The van der Waals surface area contributed by atoms with Gasteiger partial charge in [0.25, 0.3) is 0 Å². The highest BCUT2D eigenvalue weighted by atomic mass is 35.9. The van der Waals surface area contributed by atoms with Crippen LogP contribution < -0.4 is 0 Å². The second kappa shape index (κ2) is 5.19. The standard InChI is InChI=1S/C9H16Cl2NO5P/c1-4-5(2)12(4)9-8(14)7(13)6(17-9)3-16-18(10,11)15/h4-9,13-14H,3H2,1-2H3. The summed E-state index contributed by atoms with van der Waals surface area (Å²) in [4.78, 5) is 1.94. The molecule has 0 aromatic carbocycles. The fourth-order valence-corrected chi connectivity index (χ4v) is 2.93. The highest BCUT2D eigenvalue weighted by Crippen LogP contribution is 2.57. The minimum Gasteiger partial charge on any atom is -0.387 e. The van der Waals surface area contributed by atoms with Gasteiger partial charge in [0.15, 0.2) is 0 Å². The van der Waals surface area contributed by atoms with Crippen LogP contribution in [0.2, 0.25) is 0 Å². The van der Waals surface area contributed by atoms with E-state index in [1.54, 1.807) is 0 Å². The zero-order valence-corrected chi connectivity index (χ0v) is 12.3. The average Bonchev–Trinajstić information content (AvgIpc) is 2.73. The first-order valence-corrected chi connectivity index (χ1v) is 9.09. The van der Waals surface area contributed by atoms with Crippen LogP contribution in [0.1, 0.15) is 13.8 Å². The van der Waals surface area contributed by atoms with Crippen LogP contribution >= 0.6 is 28.6 Å². The van der Waals surface area contributed by atoms with Crippen molar-refractivity contribution in [3.05, 3.63) is 0 Å². The first-order chi connectivity index (χ1) is 8.22. The van der Waals surface area contributed by atoms with E-state index in [-0.39, 0.29) is 6.61 Å². The Morgan fingerprint density at radius 2 is 1.83 bits per heavy atom. The van der Waals surface area contributed by atoms with Crippen molar-refractivity contribution in [3.63, 3.8) is 0 Å². The maximum absolute atomic E-state index is 11.0. The molecule has 0 bridgehead atoms. The molecule has 2 aliphatic heterocycles. The van der Waals surface area contributed by atoms with Gasteiger partial charge in [-0.1, -0.05) is 0 Å². The number of rotatable bonds is 4. The number of nitrogens with zero attached hydrogens (tertiary/aromatic N) is 1. The molecular weight excluding hydrogens is 304 g/mol. The van der Waals surface area contributed by atoms with E-state index in [4.69, 9.17) is 31.7 Å². The molecule has 18 heavy (non-hydrogen) atoms. The van der Waals surface area contributed by atoms with E-state index in [2.05, 4.69) is 0 Å². The third kappa shape index (κ3) is 3.02. The van der Waals surface area contributed by atoms with E-state index < -0.39 is 30.6 Å². The van der Waals surface area contributed by atoms with E-state index in [9.17, 15) is 14.8 Å². The monoisotopic (exact) mass is 319 g/mol. The van der Waals surface area contributed by atoms with Crippen molar-refractivity contribution in [2.24, 2.45) is 0 Å². The summed E-state index contributed by atoms with van der Waals surface area (Å²) in [6, 6.07) is 0.590. The van der Waals surface area contributed by atoms with Crippen LogP contribution in [-0.4, -0.2) is 58.3 Å². The largest absolute Gasteiger partial charge is 0.387 e. The quantitative estimate of drug-likeness (QED) is 0.597. The van der Waals surface area contributed by atoms with Crippen molar-refractivity contribution in [1.29, 1.82) is 0 Å². The van der Waals surface area contributed by atoms with Crippen LogP contribution in [-0.2, 0) is 13.8 Å². The lowest BCUT2D eigenvalue weighted by Crippen LogP contribution is -2.37. The molecule has 6 nitrogen and oxygen atoms in total. The molecule has 2 rings (SSSR count). The van der Waals surface area contributed by atoms with Crippen LogP contribution in [0.5, 0.6) is 0 Å². The maximum Gasteiger partial charge on any atom is 0.380 e. The fraction of sp³-hybridized carbons (Fsp3) is 1.00. The van der Waals surface area contributed by atoms with Crippen molar-refractivity contribution in [3.8, 4) is 0 Å². The predicted octanol–water partition coefficient (Wildman–Crippen LogP) is 1.13. The molecule has 106 valence electrons. The molecule has 9 heteroatoms. The summed E-state index contributed by atoms with van der Waals surface area (Å²) in [6.45, 7) is 3.78. The molecule has 6 unspecified atom stereocenters. The molecule has 2 aliphatic rings. The Labute approximate surface area is 115 Å². The van der Waals surface area contributed by atoms with Crippen LogP contribution in [0, 0.1) is 0 Å². The average molecular weight is 320 g/mol. The van der Waals surface area contributed by atoms with Gasteiger partial charge in [0.05, 0.1) is 6.61 Å². The Kier molecular flexibility index (Phi) is 4.32. The van der Waals surface area contributed by atoms with E-state index in [0.29, 0.717) is 12.1 Å². The van der Waals surface area contributed by atoms with E-state index in [1.807, 2.05) is 18.7 Å². The highest BCUT2D eigenvalue weighted by molar-refractivity contribution is 8.05. The Bertz CT molecular complexity index is 359. The van der Waals surface area contributed by atoms with Gasteiger partial charge in [0, 0.05) is 12.1 Å². The highest BCUT2D eigenvalue weighted by Gasteiger charge is 2.55. The zero-order chi connectivity index (χ0) is 13.7. The van der Waals surface area contributed by atoms with Gasteiger partial charge < -0.3 is 19.5 Å². The molecule has 0 spiro atoms. The SMILES string of the molecule is CC1C(C)N1C1OC(COP(=O)(Cl)Cl)C(O)C1O. The molecule has 0 amide bonds. The molecule has 0 saturated carbocycles. The zero-order valence-electron chi connectivity index (χ0n) is 9.94. The van der Waals surface area contributed by atoms with Crippen molar-refractivity contribution in [2.45, 2.75) is 50.5 Å². The minimum absolute atomic E-state index is 0.227. The fourth-order valence-electron chi connectivity index (χ4n) is 2.27. The van der Waals surface area contributed by atoms with Gasteiger partial charge in [0.2, 0.25) is 0 Å². The first-order valence-electron chi connectivity index (χ1n) is 5.65. The van der Waals surface area contributed by atoms with E-state index >= 15 is 0 Å². The van der Waals surface area contributed by atoms with Gasteiger partial charge in [-0.3, -0.25) is 9.46 Å². The molecular formula is C9H16Cl2NO5P. The van der Waals surface area contributed by atoms with Crippen LogP contribution in [0.3, 0.4) is 0 Å². The third-order valence-electron chi connectivity index (χ3n) is 3.57. The Hall–Kier alpha value is 0.610. The summed E-state index contributed by atoms with van der Waals surface area (Å²) < 4.78 is 21.2. The van der Waals surface area contributed by atoms with Crippen molar-refractivity contribution < 1.29 is 24.0 Å². The lowest BCUT2D eigenvalue weighted by atomic mass is 10.1. The summed E-state index contributed by atoms with van der Waals surface area (Å²) in [7, 11) is 0. The van der Waals surface area contributed by atoms with Crippen LogP contribution in [0.25, 0.3) is 0 Å². The van der Waals surface area contributed by atoms with Gasteiger partial charge in [-0.2, -0.15) is 0 Å². The van der Waals surface area contributed by atoms with Crippen molar-refractivity contribution in [1.82, 2.24) is 4.90 Å². The molecule has 2 fully saturated rings. The third-order valence-corrected chi connectivity index (χ3v) is 4.60. The lowest BCUT2D eigenvalue weighted by molar-refractivity contribution is -0.0617. The van der Waals surface area contributed by atoms with E-state index in [0.717, 1.165) is 0 Å². The molecule has 2 heterocycles. The summed E-state index contributed by atoms with van der Waals surface area (Å²) in [5, 5.41) is 19.7. The van der Waals surface area contributed by atoms with Crippen LogP contribution in [0.4, 0.5) is 0 Å². The molecule has 0 radical (unpaired) electrons. The number of ether oxygens (including phenoxy) is 1. The number of hydrogen-bond acceptors (Lipinski definition) is 6. The van der Waals surface area contributed by atoms with Gasteiger partial charge >= 0.3 is 6.07 Å². The van der Waals surface area contributed by atoms with Crippen molar-refractivity contribution >= 4 is 28.6 Å². The predicted molar refractivity (Wildman–Crippen MR) is 66.7 cm³/mol. The van der Waals surface area contributed by atoms with Gasteiger partial charge in [-0.15, -0.1) is 0 Å². The Morgan fingerprint density at radius 3 is 2.28 bits per heavy atom.